The van der Waals surface area contributed by atoms with E-state index in [1.54, 1.807) is 17.8 Å². The molecule has 0 N–H and O–H groups in total. The molecule has 3 rings (SSSR count). The molecule has 0 aromatic heterocycles. The van der Waals surface area contributed by atoms with Gasteiger partial charge in [-0.15, -0.1) is 0 Å². The molecule has 1 heterocycles. The monoisotopic (exact) mass is 314 g/mol. The Balaban J connectivity index is 1.75. The van der Waals surface area contributed by atoms with Gasteiger partial charge < -0.3 is 4.74 Å². The number of carbonyl (C=O) groups is 2. The van der Waals surface area contributed by atoms with E-state index in [9.17, 15) is 9.59 Å². The third-order valence-electron chi connectivity index (χ3n) is 3.87. The SMILES string of the molecule is CCCCOC(=O)C1C=CC2=C(Cc3ccccc3S2)C1=O. The first-order valence-corrected chi connectivity index (χ1v) is 8.40. The lowest BCUT2D eigenvalue weighted by atomic mass is 9.88. The largest absolute Gasteiger partial charge is 0.465 e. The maximum absolute atomic E-state index is 12.6. The van der Waals surface area contributed by atoms with Crippen molar-refractivity contribution >= 4 is 23.5 Å². The zero-order valence-electron chi connectivity index (χ0n) is 12.5. The molecule has 1 atom stereocenters. The minimum Gasteiger partial charge on any atom is -0.465 e. The molecule has 1 aliphatic heterocycles. The first-order chi connectivity index (χ1) is 10.7. The molecule has 1 aromatic carbocycles. The third-order valence-corrected chi connectivity index (χ3v) is 5.09. The summed E-state index contributed by atoms with van der Waals surface area (Å²) in [4.78, 5) is 26.8. The molecule has 4 heteroatoms. The topological polar surface area (TPSA) is 43.4 Å². The van der Waals surface area contributed by atoms with E-state index in [-0.39, 0.29) is 5.78 Å². The average molecular weight is 314 g/mol. The van der Waals surface area contributed by atoms with Crippen LogP contribution >= 0.6 is 11.8 Å². The molecule has 0 radical (unpaired) electrons. The Morgan fingerprint density at radius 3 is 3.00 bits per heavy atom. The molecular formula is C18H18O3S. The minimum atomic E-state index is -0.776. The summed E-state index contributed by atoms with van der Waals surface area (Å²) in [6.07, 6.45) is 5.96. The molecule has 114 valence electrons. The lowest BCUT2D eigenvalue weighted by Crippen LogP contribution is -2.29. The highest BCUT2D eigenvalue weighted by molar-refractivity contribution is 8.03. The molecule has 0 saturated carbocycles. The second-order valence-corrected chi connectivity index (χ2v) is 6.54. The number of carbonyl (C=O) groups excluding carboxylic acids is 2. The van der Waals surface area contributed by atoms with Crippen molar-refractivity contribution in [3.05, 3.63) is 52.5 Å². The van der Waals surface area contributed by atoms with Crippen molar-refractivity contribution in [2.24, 2.45) is 5.92 Å². The van der Waals surface area contributed by atoms with E-state index in [1.807, 2.05) is 31.2 Å². The number of ether oxygens (including phenoxy) is 1. The molecule has 0 bridgehead atoms. The molecule has 2 aliphatic rings. The molecule has 0 fully saturated rings. The highest BCUT2D eigenvalue weighted by atomic mass is 32.2. The van der Waals surface area contributed by atoms with Gasteiger partial charge in [0.1, 0.15) is 5.92 Å². The standard InChI is InChI=1S/C18H18O3S/c1-2-3-10-21-18(20)13-8-9-16-14(17(13)19)11-12-6-4-5-7-15(12)22-16/h4-9,13H,2-3,10-11H2,1H3. The number of benzene rings is 1. The van der Waals surface area contributed by atoms with Crippen LogP contribution in [0.1, 0.15) is 25.3 Å². The van der Waals surface area contributed by atoms with Crippen LogP contribution < -0.4 is 0 Å². The Bertz CT molecular complexity index is 673. The summed E-state index contributed by atoms with van der Waals surface area (Å²) in [6, 6.07) is 8.07. The maximum Gasteiger partial charge on any atom is 0.320 e. The molecule has 3 nitrogen and oxygen atoms in total. The summed E-state index contributed by atoms with van der Waals surface area (Å²) in [7, 11) is 0. The average Bonchev–Trinajstić information content (AvgIpc) is 2.54. The fourth-order valence-corrected chi connectivity index (χ4v) is 3.70. The van der Waals surface area contributed by atoms with E-state index in [1.165, 1.54) is 4.90 Å². The Morgan fingerprint density at radius 1 is 1.36 bits per heavy atom. The van der Waals surface area contributed by atoms with E-state index >= 15 is 0 Å². The highest BCUT2D eigenvalue weighted by Crippen LogP contribution is 2.41. The Labute approximate surface area is 134 Å². The van der Waals surface area contributed by atoms with Gasteiger partial charge in [0.05, 0.1) is 6.61 Å². The Hall–Kier alpha value is -1.81. The van der Waals surface area contributed by atoms with Gasteiger partial charge in [-0.05, 0) is 18.1 Å². The van der Waals surface area contributed by atoms with Crippen molar-refractivity contribution < 1.29 is 14.3 Å². The van der Waals surface area contributed by atoms with Gasteiger partial charge >= 0.3 is 5.97 Å². The summed E-state index contributed by atoms with van der Waals surface area (Å²) in [5.74, 6) is -1.31. The number of hydrogen-bond acceptors (Lipinski definition) is 4. The van der Waals surface area contributed by atoms with Crippen molar-refractivity contribution in [1.29, 1.82) is 0 Å². The van der Waals surface area contributed by atoms with Crippen molar-refractivity contribution in [3.8, 4) is 0 Å². The van der Waals surface area contributed by atoms with E-state index in [4.69, 9.17) is 4.74 Å². The molecule has 0 amide bonds. The summed E-state index contributed by atoms with van der Waals surface area (Å²) < 4.78 is 5.20. The maximum atomic E-state index is 12.6. The number of thioether (sulfide) groups is 1. The van der Waals surface area contributed by atoms with Gasteiger partial charge in [0, 0.05) is 21.8 Å². The molecule has 0 saturated heterocycles. The quantitative estimate of drug-likeness (QED) is 0.483. The first-order valence-electron chi connectivity index (χ1n) is 7.58. The fourth-order valence-electron chi connectivity index (χ4n) is 2.60. The molecular weight excluding hydrogens is 296 g/mol. The van der Waals surface area contributed by atoms with Gasteiger partial charge in [0.2, 0.25) is 0 Å². The van der Waals surface area contributed by atoms with Crippen LogP contribution in [0.15, 0.2) is 51.8 Å². The van der Waals surface area contributed by atoms with Crippen LogP contribution in [0.3, 0.4) is 0 Å². The van der Waals surface area contributed by atoms with E-state index < -0.39 is 11.9 Å². The van der Waals surface area contributed by atoms with Crippen molar-refractivity contribution in [1.82, 2.24) is 0 Å². The summed E-state index contributed by atoms with van der Waals surface area (Å²) >= 11 is 1.60. The number of allylic oxidation sites excluding steroid dienone is 2. The van der Waals surface area contributed by atoms with E-state index in [0.717, 1.165) is 28.9 Å². The second-order valence-electron chi connectivity index (χ2n) is 5.45. The summed E-state index contributed by atoms with van der Waals surface area (Å²) in [5, 5.41) is 0. The smallest absolute Gasteiger partial charge is 0.320 e. The number of ketones is 1. The van der Waals surface area contributed by atoms with Crippen LogP contribution in [-0.4, -0.2) is 18.4 Å². The van der Waals surface area contributed by atoms with Gasteiger partial charge in [0.25, 0.3) is 0 Å². The van der Waals surface area contributed by atoms with Crippen molar-refractivity contribution in [2.45, 2.75) is 31.1 Å². The number of hydrogen-bond donors (Lipinski definition) is 0. The first kappa shape index (κ1) is 15.1. The normalized spacial score (nSPS) is 19.7. The van der Waals surface area contributed by atoms with E-state index in [0.29, 0.717) is 13.0 Å². The lowest BCUT2D eigenvalue weighted by molar-refractivity contribution is -0.149. The van der Waals surface area contributed by atoms with Crippen LogP contribution in [0.5, 0.6) is 0 Å². The van der Waals surface area contributed by atoms with Crippen LogP contribution in [0.25, 0.3) is 0 Å². The zero-order valence-corrected chi connectivity index (χ0v) is 13.3. The second kappa shape index (κ2) is 6.53. The fraction of sp³-hybridized carbons (Fsp3) is 0.333. The number of rotatable bonds is 4. The molecule has 1 aliphatic carbocycles. The van der Waals surface area contributed by atoms with Crippen LogP contribution in [-0.2, 0) is 20.7 Å². The number of esters is 1. The predicted octanol–water partition coefficient (Wildman–Crippen LogP) is 3.69. The van der Waals surface area contributed by atoms with Gasteiger partial charge in [-0.1, -0.05) is 55.5 Å². The van der Waals surface area contributed by atoms with E-state index in [2.05, 4.69) is 6.07 Å². The number of Topliss-reactive ketones (excluding diaryl/α,β-unsaturated/α-hetero) is 1. The Kier molecular flexibility index (Phi) is 4.48. The van der Waals surface area contributed by atoms with Crippen LogP contribution in [0.2, 0.25) is 0 Å². The predicted molar refractivity (Wildman–Crippen MR) is 86.5 cm³/mol. The Morgan fingerprint density at radius 2 is 2.18 bits per heavy atom. The van der Waals surface area contributed by atoms with Crippen LogP contribution in [0.4, 0.5) is 0 Å². The molecule has 0 spiro atoms. The third kappa shape index (κ3) is 2.88. The van der Waals surface area contributed by atoms with Gasteiger partial charge in [-0.25, -0.2) is 0 Å². The highest BCUT2D eigenvalue weighted by Gasteiger charge is 2.34. The summed E-state index contributed by atoms with van der Waals surface area (Å²) in [5.41, 5.74) is 1.89. The van der Waals surface area contributed by atoms with Gasteiger partial charge in [-0.3, -0.25) is 9.59 Å². The zero-order chi connectivity index (χ0) is 15.5. The van der Waals surface area contributed by atoms with Crippen molar-refractivity contribution in [3.63, 3.8) is 0 Å². The minimum absolute atomic E-state index is 0.110. The van der Waals surface area contributed by atoms with Gasteiger partial charge in [0.15, 0.2) is 5.78 Å². The van der Waals surface area contributed by atoms with Crippen molar-refractivity contribution in [2.75, 3.05) is 6.61 Å². The summed E-state index contributed by atoms with van der Waals surface area (Å²) in [6.45, 7) is 2.42. The molecule has 1 aromatic rings. The molecule has 1 unspecified atom stereocenters. The van der Waals surface area contributed by atoms with Crippen LogP contribution in [0, 0.1) is 5.92 Å². The number of unbranched alkanes of at least 4 members (excludes halogenated alkanes) is 1. The lowest BCUT2D eigenvalue weighted by Gasteiger charge is -2.25. The molecule has 22 heavy (non-hydrogen) atoms. The number of fused-ring (bicyclic) bond motifs is 1. The van der Waals surface area contributed by atoms with Gasteiger partial charge in [-0.2, -0.15) is 0 Å².